The highest BCUT2D eigenvalue weighted by atomic mass is 16.3. The van der Waals surface area contributed by atoms with E-state index in [1.54, 1.807) is 0 Å². The maximum atomic E-state index is 6.47. The number of hydrogen-bond acceptors (Lipinski definition) is 3. The summed E-state index contributed by atoms with van der Waals surface area (Å²) in [7, 11) is 0. The lowest BCUT2D eigenvalue weighted by Gasteiger charge is -2.26. The van der Waals surface area contributed by atoms with Gasteiger partial charge in [-0.25, -0.2) is 4.98 Å². The first-order valence-electron chi connectivity index (χ1n) is 17.2. The van der Waals surface area contributed by atoms with E-state index in [-0.39, 0.29) is 0 Å². The van der Waals surface area contributed by atoms with Gasteiger partial charge in [0, 0.05) is 50.0 Å². The lowest BCUT2D eigenvalue weighted by atomic mass is 9.99. The molecule has 8 aromatic carbocycles. The SMILES string of the molecule is c1ccc(-c2nc3c(-c4ccc(N(c5ccccc5)c5ccc(-n6c7ccccc7c7ccccc76)cc5)cc4)cc4ccccc4c3o2)cc1. The van der Waals surface area contributed by atoms with Crippen molar-refractivity contribution in [2.75, 3.05) is 4.90 Å². The third-order valence-corrected chi connectivity index (χ3v) is 9.81. The summed E-state index contributed by atoms with van der Waals surface area (Å²) < 4.78 is 8.82. The van der Waals surface area contributed by atoms with E-state index in [0.29, 0.717) is 5.89 Å². The minimum Gasteiger partial charge on any atom is -0.435 e. The van der Waals surface area contributed by atoms with Gasteiger partial charge in [0.1, 0.15) is 5.52 Å². The van der Waals surface area contributed by atoms with Crippen molar-refractivity contribution >= 4 is 60.7 Å². The number of anilines is 3. The van der Waals surface area contributed by atoms with Gasteiger partial charge < -0.3 is 13.9 Å². The normalized spacial score (nSPS) is 11.5. The van der Waals surface area contributed by atoms with Gasteiger partial charge in [0.25, 0.3) is 0 Å². The second-order valence-electron chi connectivity index (χ2n) is 12.8. The van der Waals surface area contributed by atoms with Gasteiger partial charge in [-0.2, -0.15) is 0 Å². The van der Waals surface area contributed by atoms with Gasteiger partial charge in [0.15, 0.2) is 5.58 Å². The Balaban J connectivity index is 1.07. The fourth-order valence-corrected chi connectivity index (χ4v) is 7.43. The molecule has 0 amide bonds. The number of para-hydroxylation sites is 3. The molecule has 0 spiro atoms. The van der Waals surface area contributed by atoms with E-state index in [9.17, 15) is 0 Å². The average molecular weight is 654 g/mol. The van der Waals surface area contributed by atoms with Gasteiger partial charge in [-0.1, -0.05) is 109 Å². The number of nitrogens with zero attached hydrogens (tertiary/aromatic N) is 3. The van der Waals surface area contributed by atoms with E-state index < -0.39 is 0 Å². The second-order valence-corrected chi connectivity index (χ2v) is 12.8. The molecule has 0 bridgehead atoms. The Labute approximate surface area is 295 Å². The van der Waals surface area contributed by atoms with Gasteiger partial charge in [-0.15, -0.1) is 0 Å². The smallest absolute Gasteiger partial charge is 0.227 e. The topological polar surface area (TPSA) is 34.2 Å². The number of fused-ring (bicyclic) bond motifs is 6. The van der Waals surface area contributed by atoms with E-state index in [1.165, 1.54) is 21.8 Å². The highest BCUT2D eigenvalue weighted by Crippen LogP contribution is 2.40. The molecular weight excluding hydrogens is 623 g/mol. The van der Waals surface area contributed by atoms with E-state index in [2.05, 4.69) is 167 Å². The largest absolute Gasteiger partial charge is 0.435 e. The fourth-order valence-electron chi connectivity index (χ4n) is 7.43. The third kappa shape index (κ3) is 4.88. The van der Waals surface area contributed by atoms with E-state index in [1.807, 2.05) is 30.3 Å². The molecule has 2 heterocycles. The summed E-state index contributed by atoms with van der Waals surface area (Å²) in [6.45, 7) is 0. The van der Waals surface area contributed by atoms with Crippen molar-refractivity contribution in [3.63, 3.8) is 0 Å². The van der Waals surface area contributed by atoms with E-state index in [4.69, 9.17) is 9.40 Å². The summed E-state index contributed by atoms with van der Waals surface area (Å²) in [6, 6.07) is 66.2. The number of rotatable bonds is 6. The van der Waals surface area contributed by atoms with Crippen LogP contribution in [-0.4, -0.2) is 9.55 Å². The molecular formula is C47H31N3O. The van der Waals surface area contributed by atoms with Crippen LogP contribution in [0.25, 0.3) is 71.9 Å². The summed E-state index contributed by atoms with van der Waals surface area (Å²) in [6.07, 6.45) is 0. The minimum absolute atomic E-state index is 0.624. The minimum atomic E-state index is 0.624. The van der Waals surface area contributed by atoms with Crippen LogP contribution >= 0.6 is 0 Å². The molecule has 0 unspecified atom stereocenters. The van der Waals surface area contributed by atoms with Gasteiger partial charge in [0.2, 0.25) is 5.89 Å². The first-order chi connectivity index (χ1) is 25.3. The Morgan fingerprint density at radius 2 is 0.980 bits per heavy atom. The maximum absolute atomic E-state index is 6.47. The molecule has 10 rings (SSSR count). The Morgan fingerprint density at radius 1 is 0.451 bits per heavy atom. The van der Waals surface area contributed by atoms with Crippen molar-refractivity contribution in [3.8, 4) is 28.3 Å². The van der Waals surface area contributed by atoms with Crippen LogP contribution in [-0.2, 0) is 0 Å². The summed E-state index contributed by atoms with van der Waals surface area (Å²) in [4.78, 5) is 7.35. The van der Waals surface area contributed by atoms with Crippen molar-refractivity contribution in [3.05, 3.63) is 188 Å². The molecule has 0 aliphatic rings. The molecule has 0 atom stereocenters. The summed E-state index contributed by atoms with van der Waals surface area (Å²) in [5.74, 6) is 0.624. The Kier molecular flexibility index (Phi) is 6.78. The standard InChI is InChI=1S/C47H31N3O/c1-3-13-33(14-4-1)47-48-45-42(31-34-15-7-8-18-39(34)46(45)51-47)32-23-25-36(26-24-32)49(35-16-5-2-6-17-35)37-27-29-38(30-28-37)50-43-21-11-9-19-40(43)41-20-10-12-22-44(41)50/h1-31H. The first-order valence-corrected chi connectivity index (χ1v) is 17.2. The molecule has 0 saturated carbocycles. The molecule has 10 aromatic rings. The number of aromatic nitrogens is 2. The van der Waals surface area contributed by atoms with Crippen LogP contribution < -0.4 is 4.90 Å². The zero-order chi connectivity index (χ0) is 33.7. The first kappa shape index (κ1) is 29.0. The second kappa shape index (κ2) is 11.9. The Hall–Kier alpha value is -6.91. The predicted molar refractivity (Wildman–Crippen MR) is 211 cm³/mol. The third-order valence-electron chi connectivity index (χ3n) is 9.81. The molecule has 51 heavy (non-hydrogen) atoms. The molecule has 0 fully saturated rings. The van der Waals surface area contributed by atoms with Crippen LogP contribution in [0.1, 0.15) is 0 Å². The molecule has 4 heteroatoms. The monoisotopic (exact) mass is 653 g/mol. The summed E-state index contributed by atoms with van der Waals surface area (Å²) in [5.41, 5.74) is 11.5. The summed E-state index contributed by atoms with van der Waals surface area (Å²) >= 11 is 0. The average Bonchev–Trinajstić information content (AvgIpc) is 3.80. The number of oxazole rings is 1. The van der Waals surface area contributed by atoms with Crippen molar-refractivity contribution < 1.29 is 4.42 Å². The van der Waals surface area contributed by atoms with Crippen molar-refractivity contribution in [1.82, 2.24) is 9.55 Å². The fraction of sp³-hybridized carbons (Fsp3) is 0. The molecule has 0 N–H and O–H groups in total. The molecule has 0 aliphatic carbocycles. The summed E-state index contributed by atoms with van der Waals surface area (Å²) in [5, 5.41) is 4.69. The Bertz CT molecular complexity index is 2780. The van der Waals surface area contributed by atoms with Crippen LogP contribution in [0.3, 0.4) is 0 Å². The lowest BCUT2D eigenvalue weighted by Crippen LogP contribution is -2.10. The van der Waals surface area contributed by atoms with Crippen LogP contribution in [0, 0.1) is 0 Å². The molecule has 4 nitrogen and oxygen atoms in total. The van der Waals surface area contributed by atoms with Crippen LogP contribution in [0.5, 0.6) is 0 Å². The quantitative estimate of drug-likeness (QED) is 0.179. The lowest BCUT2D eigenvalue weighted by molar-refractivity contribution is 0.623. The number of benzene rings is 8. The van der Waals surface area contributed by atoms with Gasteiger partial charge in [-0.3, -0.25) is 0 Å². The van der Waals surface area contributed by atoms with Crippen LogP contribution in [0.4, 0.5) is 17.1 Å². The van der Waals surface area contributed by atoms with Gasteiger partial charge in [-0.05, 0) is 89.8 Å². The van der Waals surface area contributed by atoms with E-state index in [0.717, 1.165) is 61.3 Å². The van der Waals surface area contributed by atoms with E-state index >= 15 is 0 Å². The molecule has 0 saturated heterocycles. The van der Waals surface area contributed by atoms with Crippen LogP contribution in [0.2, 0.25) is 0 Å². The molecule has 0 aliphatic heterocycles. The van der Waals surface area contributed by atoms with Crippen LogP contribution in [0.15, 0.2) is 192 Å². The molecule has 2 aromatic heterocycles. The highest BCUT2D eigenvalue weighted by molar-refractivity contribution is 6.11. The molecule has 240 valence electrons. The maximum Gasteiger partial charge on any atom is 0.227 e. The zero-order valence-electron chi connectivity index (χ0n) is 27.6. The van der Waals surface area contributed by atoms with Gasteiger partial charge in [0.05, 0.1) is 11.0 Å². The van der Waals surface area contributed by atoms with Crippen molar-refractivity contribution in [1.29, 1.82) is 0 Å². The zero-order valence-corrected chi connectivity index (χ0v) is 27.6. The molecule has 0 radical (unpaired) electrons. The van der Waals surface area contributed by atoms with Crippen molar-refractivity contribution in [2.45, 2.75) is 0 Å². The Morgan fingerprint density at radius 3 is 1.65 bits per heavy atom. The van der Waals surface area contributed by atoms with Crippen molar-refractivity contribution in [2.24, 2.45) is 0 Å². The number of hydrogen-bond donors (Lipinski definition) is 0. The predicted octanol–water partition coefficient (Wildman–Crippen LogP) is 12.9. The van der Waals surface area contributed by atoms with Gasteiger partial charge >= 0.3 is 0 Å². The highest BCUT2D eigenvalue weighted by Gasteiger charge is 2.19.